The third-order valence-electron chi connectivity index (χ3n) is 8.94. The molecule has 6 atom stereocenters. The number of rotatable bonds is 2. The molecular formula is C24H32O4. The summed E-state index contributed by atoms with van der Waals surface area (Å²) in [5.74, 6) is 1.10. The smallest absolute Gasteiger partial charge is 0.303 e. The highest BCUT2D eigenvalue weighted by Crippen LogP contribution is 2.68. The molecule has 0 amide bonds. The molecule has 0 radical (unpaired) electrons. The predicted molar refractivity (Wildman–Crippen MR) is 106 cm³/mol. The lowest BCUT2D eigenvalue weighted by atomic mass is 9.45. The zero-order valence-corrected chi connectivity index (χ0v) is 17.6. The molecule has 4 nitrogen and oxygen atoms in total. The first-order chi connectivity index (χ1) is 13.0. The van der Waals surface area contributed by atoms with E-state index in [-0.39, 0.29) is 28.4 Å². The number of allylic oxidation sites excluding steroid dienone is 2. The monoisotopic (exact) mass is 384 g/mol. The van der Waals surface area contributed by atoms with Crippen LogP contribution in [0.25, 0.3) is 0 Å². The molecule has 0 heterocycles. The van der Waals surface area contributed by atoms with Crippen molar-refractivity contribution in [2.75, 3.05) is 0 Å². The summed E-state index contributed by atoms with van der Waals surface area (Å²) in [5.41, 5.74) is 0.944. The molecule has 28 heavy (non-hydrogen) atoms. The van der Waals surface area contributed by atoms with E-state index >= 15 is 0 Å². The van der Waals surface area contributed by atoms with Crippen molar-refractivity contribution in [3.8, 4) is 0 Å². The minimum atomic E-state index is -0.991. The maximum absolute atomic E-state index is 12.8. The molecule has 0 aromatic carbocycles. The van der Waals surface area contributed by atoms with Gasteiger partial charge in [0, 0.05) is 18.8 Å². The van der Waals surface area contributed by atoms with E-state index in [0.29, 0.717) is 30.6 Å². The summed E-state index contributed by atoms with van der Waals surface area (Å²) in [6.07, 6.45) is 7.66. The van der Waals surface area contributed by atoms with Crippen molar-refractivity contribution >= 4 is 17.5 Å². The number of carbonyl (C=O) groups is 3. The predicted octanol–water partition coefficient (Wildman–Crippen LogP) is 4.58. The first-order valence-electron chi connectivity index (χ1n) is 10.7. The molecule has 0 bridgehead atoms. The van der Waals surface area contributed by atoms with Gasteiger partial charge in [-0.2, -0.15) is 0 Å². The second kappa shape index (κ2) is 6.14. The van der Waals surface area contributed by atoms with E-state index in [1.165, 1.54) is 12.5 Å². The number of Topliss-reactive ketones (excluding diaryl/α,β-unsaturated/α-hetero) is 1. The van der Waals surface area contributed by atoms with Crippen LogP contribution in [0, 0.1) is 28.6 Å². The molecule has 0 unspecified atom stereocenters. The van der Waals surface area contributed by atoms with Crippen LogP contribution in [0.5, 0.6) is 0 Å². The van der Waals surface area contributed by atoms with Gasteiger partial charge < -0.3 is 4.74 Å². The summed E-state index contributed by atoms with van der Waals surface area (Å²) in [4.78, 5) is 36.7. The number of hydrogen-bond donors (Lipinski definition) is 0. The number of ether oxygens (including phenoxy) is 1. The average molecular weight is 385 g/mol. The first kappa shape index (κ1) is 19.6. The maximum atomic E-state index is 12.8. The van der Waals surface area contributed by atoms with Crippen molar-refractivity contribution in [1.82, 2.24) is 0 Å². The minimum absolute atomic E-state index is 0.00184. The minimum Gasteiger partial charge on any atom is -0.451 e. The van der Waals surface area contributed by atoms with Gasteiger partial charge in [-0.15, -0.1) is 0 Å². The Morgan fingerprint density at radius 1 is 1.11 bits per heavy atom. The summed E-state index contributed by atoms with van der Waals surface area (Å²) in [7, 11) is 0. The Morgan fingerprint density at radius 3 is 2.43 bits per heavy atom. The van der Waals surface area contributed by atoms with Gasteiger partial charge in [-0.05, 0) is 80.3 Å². The molecule has 4 aliphatic carbocycles. The SMILES string of the molecule is C=C1C[C@@H]2[C@H](CC[C@@]3(C)[C@H]2CC[C@@]3(OC(C)=O)C(C)=O)[C@@]2(C)CCC(=O)C=C12. The summed E-state index contributed by atoms with van der Waals surface area (Å²) < 4.78 is 5.82. The molecule has 0 N–H and O–H groups in total. The van der Waals surface area contributed by atoms with Crippen molar-refractivity contribution in [1.29, 1.82) is 0 Å². The van der Waals surface area contributed by atoms with Crippen LogP contribution in [-0.4, -0.2) is 23.1 Å². The molecule has 0 aromatic rings. The third-order valence-corrected chi connectivity index (χ3v) is 8.94. The van der Waals surface area contributed by atoms with Gasteiger partial charge in [0.15, 0.2) is 17.2 Å². The highest BCUT2D eigenvalue weighted by Gasteiger charge is 2.68. The zero-order valence-electron chi connectivity index (χ0n) is 17.6. The summed E-state index contributed by atoms with van der Waals surface area (Å²) in [6.45, 7) is 11.8. The van der Waals surface area contributed by atoms with E-state index in [2.05, 4.69) is 20.4 Å². The molecule has 0 aliphatic heterocycles. The van der Waals surface area contributed by atoms with Gasteiger partial charge in [-0.3, -0.25) is 14.4 Å². The number of hydrogen-bond acceptors (Lipinski definition) is 4. The van der Waals surface area contributed by atoms with Crippen molar-refractivity contribution in [3.05, 3.63) is 23.8 Å². The van der Waals surface area contributed by atoms with Gasteiger partial charge in [0.1, 0.15) is 0 Å². The average Bonchev–Trinajstić information content (AvgIpc) is 2.90. The molecule has 4 heteroatoms. The van der Waals surface area contributed by atoms with Gasteiger partial charge >= 0.3 is 5.97 Å². The lowest BCUT2D eigenvalue weighted by molar-refractivity contribution is -0.186. The van der Waals surface area contributed by atoms with Crippen LogP contribution in [0.15, 0.2) is 23.8 Å². The largest absolute Gasteiger partial charge is 0.451 e. The second-order valence-electron chi connectivity index (χ2n) is 10.1. The fourth-order valence-corrected chi connectivity index (χ4v) is 7.63. The number of esters is 1. The Balaban J connectivity index is 1.75. The van der Waals surface area contributed by atoms with E-state index in [1.54, 1.807) is 6.92 Å². The maximum Gasteiger partial charge on any atom is 0.303 e. The summed E-state index contributed by atoms with van der Waals surface area (Å²) in [6, 6.07) is 0. The molecule has 0 saturated heterocycles. The molecular weight excluding hydrogens is 352 g/mol. The molecule has 4 aliphatic rings. The fraction of sp³-hybridized carbons (Fsp3) is 0.708. The van der Waals surface area contributed by atoms with Crippen LogP contribution in [0.2, 0.25) is 0 Å². The molecule has 3 fully saturated rings. The lowest BCUT2D eigenvalue weighted by Crippen LogP contribution is -2.58. The number of ketones is 2. The van der Waals surface area contributed by atoms with Gasteiger partial charge in [0.2, 0.25) is 0 Å². The van der Waals surface area contributed by atoms with E-state index in [4.69, 9.17) is 4.74 Å². The second-order valence-corrected chi connectivity index (χ2v) is 10.1. The highest BCUT2D eigenvalue weighted by molar-refractivity contribution is 5.92. The number of fused-ring (bicyclic) bond motifs is 5. The van der Waals surface area contributed by atoms with Crippen LogP contribution < -0.4 is 0 Å². The number of carbonyl (C=O) groups excluding carboxylic acids is 3. The Kier molecular flexibility index (Phi) is 4.30. The van der Waals surface area contributed by atoms with Gasteiger partial charge in [0.05, 0.1) is 0 Å². The van der Waals surface area contributed by atoms with E-state index in [0.717, 1.165) is 37.7 Å². The van der Waals surface area contributed by atoms with Crippen molar-refractivity contribution in [3.63, 3.8) is 0 Å². The van der Waals surface area contributed by atoms with Crippen molar-refractivity contribution in [2.24, 2.45) is 28.6 Å². The molecule has 4 rings (SSSR count). The van der Waals surface area contributed by atoms with Crippen LogP contribution >= 0.6 is 0 Å². The first-order valence-corrected chi connectivity index (χ1v) is 10.7. The van der Waals surface area contributed by atoms with Gasteiger partial charge in [0.25, 0.3) is 0 Å². The lowest BCUT2D eigenvalue weighted by Gasteiger charge is -2.59. The zero-order chi connectivity index (χ0) is 20.5. The topological polar surface area (TPSA) is 60.4 Å². The van der Waals surface area contributed by atoms with Crippen LogP contribution in [-0.2, 0) is 19.1 Å². The Morgan fingerprint density at radius 2 is 1.79 bits per heavy atom. The Bertz CT molecular complexity index is 807. The molecule has 0 spiro atoms. The highest BCUT2D eigenvalue weighted by atomic mass is 16.6. The van der Waals surface area contributed by atoms with Crippen molar-refractivity contribution < 1.29 is 19.1 Å². The van der Waals surface area contributed by atoms with E-state index in [1.807, 2.05) is 6.08 Å². The third kappa shape index (κ3) is 2.39. The fourth-order valence-electron chi connectivity index (χ4n) is 7.63. The van der Waals surface area contributed by atoms with Crippen LogP contribution in [0.4, 0.5) is 0 Å². The van der Waals surface area contributed by atoms with E-state index < -0.39 is 5.60 Å². The quantitative estimate of drug-likeness (QED) is 0.654. The van der Waals surface area contributed by atoms with Crippen LogP contribution in [0.3, 0.4) is 0 Å². The van der Waals surface area contributed by atoms with Gasteiger partial charge in [-0.1, -0.05) is 26.0 Å². The normalized spacial score (nSPS) is 44.9. The van der Waals surface area contributed by atoms with E-state index in [9.17, 15) is 14.4 Å². The standard InChI is InChI=1S/C24H32O4/c1-14-12-18-19(22(4)9-6-17(27)13-21(14)22)7-10-23(5)20(18)8-11-24(23,15(2)25)28-16(3)26/h13,18-20H,1,6-12H2,2-5H3/t18-,19+,20+,22-,23+,24-/m1/s1. The summed E-state index contributed by atoms with van der Waals surface area (Å²) in [5, 5.41) is 0. The molecule has 0 aromatic heterocycles. The molecule has 3 saturated carbocycles. The summed E-state index contributed by atoms with van der Waals surface area (Å²) >= 11 is 0. The van der Waals surface area contributed by atoms with Crippen molar-refractivity contribution in [2.45, 2.75) is 78.2 Å². The Hall–Kier alpha value is -1.71. The van der Waals surface area contributed by atoms with Gasteiger partial charge in [-0.25, -0.2) is 0 Å². The Labute approximate surface area is 167 Å². The van der Waals surface area contributed by atoms with Crippen LogP contribution in [0.1, 0.15) is 72.6 Å². The molecule has 152 valence electrons.